The van der Waals surface area contributed by atoms with E-state index in [0.29, 0.717) is 29.0 Å². The molecule has 1 amide bonds. The minimum Gasteiger partial charge on any atom is -0.353 e. The fraction of sp³-hybridized carbons (Fsp3) is 0.500. The van der Waals surface area contributed by atoms with Gasteiger partial charge < -0.3 is 9.88 Å². The first-order chi connectivity index (χ1) is 11.9. The number of nitrogens with one attached hydrogen (secondary N) is 1. The monoisotopic (exact) mass is 364 g/mol. The molecule has 0 aliphatic heterocycles. The van der Waals surface area contributed by atoms with Crippen molar-refractivity contribution in [3.63, 3.8) is 0 Å². The van der Waals surface area contributed by atoms with Crippen molar-refractivity contribution in [3.05, 3.63) is 30.1 Å². The summed E-state index contributed by atoms with van der Waals surface area (Å²) in [5.41, 5.74) is 0.423. The highest BCUT2D eigenvalue weighted by molar-refractivity contribution is 7.99. The molecule has 2 rings (SSSR count). The van der Waals surface area contributed by atoms with Crippen molar-refractivity contribution in [2.75, 3.05) is 5.75 Å². The maximum absolute atomic E-state index is 14.1. The van der Waals surface area contributed by atoms with E-state index in [-0.39, 0.29) is 23.5 Å². The summed E-state index contributed by atoms with van der Waals surface area (Å²) in [5.74, 6) is 0.737. The molecule has 0 saturated heterocycles. The van der Waals surface area contributed by atoms with Gasteiger partial charge in [0.25, 0.3) is 0 Å². The van der Waals surface area contributed by atoms with Gasteiger partial charge in [0.15, 0.2) is 11.0 Å². The van der Waals surface area contributed by atoms with Crippen LogP contribution in [0.4, 0.5) is 4.39 Å². The van der Waals surface area contributed by atoms with Crippen LogP contribution in [0.15, 0.2) is 29.4 Å². The Balaban J connectivity index is 2.21. The van der Waals surface area contributed by atoms with Gasteiger partial charge >= 0.3 is 0 Å². The van der Waals surface area contributed by atoms with E-state index in [1.165, 1.54) is 17.8 Å². The molecule has 1 aromatic heterocycles. The highest BCUT2D eigenvalue weighted by Gasteiger charge is 2.19. The van der Waals surface area contributed by atoms with Gasteiger partial charge in [-0.2, -0.15) is 0 Å². The number of rotatable bonds is 8. The molecule has 1 aromatic carbocycles. The van der Waals surface area contributed by atoms with Gasteiger partial charge in [-0.25, -0.2) is 4.39 Å². The zero-order chi connectivity index (χ0) is 18.4. The lowest BCUT2D eigenvalue weighted by molar-refractivity contribution is -0.119. The summed E-state index contributed by atoms with van der Waals surface area (Å²) in [6.07, 6.45) is 0.886. The Morgan fingerprint density at radius 1 is 1.28 bits per heavy atom. The number of amides is 1. The second kappa shape index (κ2) is 8.99. The number of carbonyl (C=O) groups is 1. The van der Waals surface area contributed by atoms with E-state index in [9.17, 15) is 9.18 Å². The van der Waals surface area contributed by atoms with Gasteiger partial charge in [-0.3, -0.25) is 4.79 Å². The zero-order valence-corrected chi connectivity index (χ0v) is 15.9. The average molecular weight is 364 g/mol. The number of hydrogen-bond acceptors (Lipinski definition) is 4. The lowest BCUT2D eigenvalue weighted by Gasteiger charge is -2.14. The van der Waals surface area contributed by atoms with Crippen molar-refractivity contribution in [2.45, 2.75) is 51.9 Å². The summed E-state index contributed by atoms with van der Waals surface area (Å²) in [6, 6.07) is 6.68. The topological polar surface area (TPSA) is 59.8 Å². The molecule has 0 saturated carbocycles. The molecule has 0 bridgehead atoms. The van der Waals surface area contributed by atoms with Gasteiger partial charge in [-0.1, -0.05) is 44.7 Å². The third kappa shape index (κ3) is 5.29. The van der Waals surface area contributed by atoms with Gasteiger partial charge in [-0.05, 0) is 31.4 Å². The van der Waals surface area contributed by atoms with Crippen LogP contribution in [0.25, 0.3) is 11.4 Å². The molecule has 5 nitrogen and oxygen atoms in total. The molecule has 0 aliphatic carbocycles. The van der Waals surface area contributed by atoms with E-state index in [0.717, 1.165) is 6.42 Å². The van der Waals surface area contributed by atoms with E-state index in [4.69, 9.17) is 0 Å². The van der Waals surface area contributed by atoms with Crippen molar-refractivity contribution in [1.82, 2.24) is 20.1 Å². The van der Waals surface area contributed by atoms with Crippen molar-refractivity contribution >= 4 is 17.7 Å². The predicted octanol–water partition coefficient (Wildman–Crippen LogP) is 3.75. The fourth-order valence-electron chi connectivity index (χ4n) is 2.32. The average Bonchev–Trinajstić information content (AvgIpc) is 2.95. The molecular formula is C18H25FN4OS. The molecule has 136 valence electrons. The fourth-order valence-corrected chi connectivity index (χ4v) is 3.07. The van der Waals surface area contributed by atoms with Crippen LogP contribution in [0.1, 0.15) is 34.1 Å². The molecule has 0 aliphatic rings. The number of hydrogen-bond donors (Lipinski definition) is 1. The maximum atomic E-state index is 14.1. The molecule has 1 N–H and O–H groups in total. The molecule has 7 heteroatoms. The van der Waals surface area contributed by atoms with Crippen molar-refractivity contribution < 1.29 is 9.18 Å². The Kier molecular flexibility index (Phi) is 6.99. The van der Waals surface area contributed by atoms with Gasteiger partial charge in [0.1, 0.15) is 5.82 Å². The molecule has 0 radical (unpaired) electrons. The Morgan fingerprint density at radius 2 is 2.00 bits per heavy atom. The van der Waals surface area contributed by atoms with Gasteiger partial charge in [0, 0.05) is 12.6 Å². The summed E-state index contributed by atoms with van der Waals surface area (Å²) in [7, 11) is 0. The maximum Gasteiger partial charge on any atom is 0.230 e. The number of benzene rings is 1. The number of nitrogens with zero attached hydrogens (tertiary/aromatic N) is 3. The van der Waals surface area contributed by atoms with E-state index < -0.39 is 0 Å². The quantitative estimate of drug-likeness (QED) is 0.725. The molecule has 0 spiro atoms. The van der Waals surface area contributed by atoms with Gasteiger partial charge in [0.2, 0.25) is 5.91 Å². The van der Waals surface area contributed by atoms with Crippen LogP contribution in [0.2, 0.25) is 0 Å². The molecule has 0 unspecified atom stereocenters. The first-order valence-corrected chi connectivity index (χ1v) is 9.51. The number of carbonyl (C=O) groups excluding carboxylic acids is 1. The van der Waals surface area contributed by atoms with Crippen LogP contribution < -0.4 is 5.32 Å². The van der Waals surface area contributed by atoms with Crippen LogP contribution in [-0.2, 0) is 11.3 Å². The van der Waals surface area contributed by atoms with Crippen molar-refractivity contribution in [1.29, 1.82) is 0 Å². The van der Waals surface area contributed by atoms with Gasteiger partial charge in [0.05, 0.1) is 11.3 Å². The van der Waals surface area contributed by atoms with Crippen molar-refractivity contribution in [2.24, 2.45) is 5.92 Å². The standard InChI is InChI=1S/C18H25FN4OS/c1-5-13(4)20-16(24)11-25-18-22-21-17(23(18)10-12(2)3)14-8-6-7-9-15(14)19/h6-9,12-13H,5,10-11H2,1-4H3,(H,20,24)/t13-/m1/s1. The second-order valence-electron chi connectivity index (χ2n) is 6.46. The van der Waals surface area contributed by atoms with E-state index >= 15 is 0 Å². The number of thioether (sulfide) groups is 1. The predicted molar refractivity (Wildman–Crippen MR) is 98.9 cm³/mol. The van der Waals surface area contributed by atoms with Crippen LogP contribution in [0.5, 0.6) is 0 Å². The first-order valence-electron chi connectivity index (χ1n) is 8.52. The normalized spacial score (nSPS) is 12.4. The molecule has 25 heavy (non-hydrogen) atoms. The zero-order valence-electron chi connectivity index (χ0n) is 15.1. The smallest absolute Gasteiger partial charge is 0.230 e. The van der Waals surface area contributed by atoms with Crippen LogP contribution in [-0.4, -0.2) is 32.5 Å². The first kappa shape index (κ1) is 19.4. The lowest BCUT2D eigenvalue weighted by Crippen LogP contribution is -2.33. The second-order valence-corrected chi connectivity index (χ2v) is 7.40. The molecule has 1 heterocycles. The highest BCUT2D eigenvalue weighted by Crippen LogP contribution is 2.26. The highest BCUT2D eigenvalue weighted by atomic mass is 32.2. The molecular weight excluding hydrogens is 339 g/mol. The summed E-state index contributed by atoms with van der Waals surface area (Å²) >= 11 is 1.33. The molecule has 2 aromatic rings. The third-order valence-electron chi connectivity index (χ3n) is 3.73. The molecule has 0 fully saturated rings. The lowest BCUT2D eigenvalue weighted by atomic mass is 10.2. The third-order valence-corrected chi connectivity index (χ3v) is 4.70. The molecule has 1 atom stereocenters. The minimum absolute atomic E-state index is 0.0362. The SMILES string of the molecule is CC[C@@H](C)NC(=O)CSc1nnc(-c2ccccc2F)n1CC(C)C. The van der Waals surface area contributed by atoms with Gasteiger partial charge in [-0.15, -0.1) is 10.2 Å². The largest absolute Gasteiger partial charge is 0.353 e. The Morgan fingerprint density at radius 3 is 2.64 bits per heavy atom. The van der Waals surface area contributed by atoms with E-state index in [1.807, 2.05) is 18.4 Å². The summed E-state index contributed by atoms with van der Waals surface area (Å²) < 4.78 is 16.0. The van der Waals surface area contributed by atoms with Crippen LogP contribution in [0.3, 0.4) is 0 Å². The minimum atomic E-state index is -0.328. The van der Waals surface area contributed by atoms with E-state index in [2.05, 4.69) is 29.4 Å². The Labute approximate surface area is 152 Å². The van der Waals surface area contributed by atoms with Crippen LogP contribution in [0, 0.1) is 11.7 Å². The van der Waals surface area contributed by atoms with Crippen molar-refractivity contribution in [3.8, 4) is 11.4 Å². The summed E-state index contributed by atoms with van der Waals surface area (Å²) in [6.45, 7) is 8.81. The van der Waals surface area contributed by atoms with E-state index in [1.54, 1.807) is 18.2 Å². The van der Waals surface area contributed by atoms with Crippen LogP contribution >= 0.6 is 11.8 Å². The Bertz CT molecular complexity index is 717. The number of aromatic nitrogens is 3. The summed E-state index contributed by atoms with van der Waals surface area (Å²) in [4.78, 5) is 12.0. The number of halogens is 1. The Hall–Kier alpha value is -1.89. The summed E-state index contributed by atoms with van der Waals surface area (Å²) in [5, 5.41) is 11.9.